The second-order valence-electron chi connectivity index (χ2n) is 3.51. The van der Waals surface area contributed by atoms with Gasteiger partial charge in [0.15, 0.2) is 0 Å². The van der Waals surface area contributed by atoms with Crippen LogP contribution in [0.4, 0.5) is 0 Å². The van der Waals surface area contributed by atoms with Crippen molar-refractivity contribution in [2.45, 2.75) is 30.5 Å². The zero-order valence-electron chi connectivity index (χ0n) is 7.82. The summed E-state index contributed by atoms with van der Waals surface area (Å²) in [6, 6.07) is 0. The average molecular weight is 208 g/mol. The summed E-state index contributed by atoms with van der Waals surface area (Å²) >= 11 is 0. The van der Waals surface area contributed by atoms with Crippen molar-refractivity contribution in [2.75, 3.05) is 13.7 Å². The van der Waals surface area contributed by atoms with Gasteiger partial charge in [-0.05, 0) is 0 Å². The molecule has 0 saturated heterocycles. The summed E-state index contributed by atoms with van der Waals surface area (Å²) in [5.74, 6) is -0.798. The Morgan fingerprint density at radius 3 is 1.86 bits per heavy atom. The zero-order chi connectivity index (χ0) is 10.9. The normalized spacial score (nSPS) is 49.3. The maximum atomic E-state index is 9.47. The van der Waals surface area contributed by atoms with Gasteiger partial charge in [-0.2, -0.15) is 0 Å². The van der Waals surface area contributed by atoms with E-state index in [0.29, 0.717) is 0 Å². The zero-order valence-corrected chi connectivity index (χ0v) is 7.82. The molecule has 0 aromatic carbocycles. The smallest absolute Gasteiger partial charge is 0.111 e. The van der Waals surface area contributed by atoms with Crippen molar-refractivity contribution in [3.8, 4) is 0 Å². The first-order chi connectivity index (χ1) is 6.54. The second kappa shape index (κ2) is 4.52. The Morgan fingerprint density at radius 2 is 1.43 bits per heavy atom. The van der Waals surface area contributed by atoms with Crippen molar-refractivity contribution in [1.82, 2.24) is 0 Å². The van der Waals surface area contributed by atoms with E-state index in [0.717, 1.165) is 0 Å². The third-order valence-corrected chi connectivity index (χ3v) is 2.73. The summed E-state index contributed by atoms with van der Waals surface area (Å²) in [5, 5.41) is 46.5. The van der Waals surface area contributed by atoms with Crippen LogP contribution in [0.1, 0.15) is 0 Å². The molecule has 0 bridgehead atoms. The predicted octanol–water partition coefficient (Wildman–Crippen LogP) is -2.93. The van der Waals surface area contributed by atoms with Crippen molar-refractivity contribution in [1.29, 1.82) is 0 Å². The average Bonchev–Trinajstić information content (AvgIpc) is 2.20. The van der Waals surface area contributed by atoms with Crippen molar-refractivity contribution in [3.05, 3.63) is 0 Å². The number of hydrogen-bond donors (Lipinski definition) is 5. The Morgan fingerprint density at radius 1 is 0.929 bits per heavy atom. The lowest BCUT2D eigenvalue weighted by molar-refractivity contribution is -0.216. The number of aliphatic hydroxyl groups is 5. The molecule has 1 fully saturated rings. The molecular formula is C8H16O6. The fourth-order valence-electron chi connectivity index (χ4n) is 1.83. The Balaban J connectivity index is 2.84. The lowest BCUT2D eigenvalue weighted by Gasteiger charge is -2.42. The standard InChI is InChI=1S/C8H16O6/c1-14-8-3(2-9)4(10)5(11)6(12)7(8)13/h3-13H,2H2,1H3/t3-,4-,5+,6-,7-,8+/m0/s1. The minimum atomic E-state index is -1.46. The molecule has 0 amide bonds. The van der Waals surface area contributed by atoms with Crippen LogP contribution in [0.3, 0.4) is 0 Å². The number of hydrogen-bond acceptors (Lipinski definition) is 6. The molecule has 1 rings (SSSR count). The predicted molar refractivity (Wildman–Crippen MR) is 45.4 cm³/mol. The summed E-state index contributed by atoms with van der Waals surface area (Å²) in [6.45, 7) is -0.430. The van der Waals surface area contributed by atoms with E-state index in [1.165, 1.54) is 7.11 Å². The van der Waals surface area contributed by atoms with Gasteiger partial charge < -0.3 is 30.3 Å². The Labute approximate surface area is 81.4 Å². The maximum Gasteiger partial charge on any atom is 0.111 e. The van der Waals surface area contributed by atoms with E-state index in [1.54, 1.807) is 0 Å². The summed E-state index contributed by atoms with van der Waals surface area (Å²) in [4.78, 5) is 0. The lowest BCUT2D eigenvalue weighted by Crippen LogP contribution is -2.62. The fourth-order valence-corrected chi connectivity index (χ4v) is 1.83. The Bertz CT molecular complexity index is 167. The van der Waals surface area contributed by atoms with Gasteiger partial charge in [-0.25, -0.2) is 0 Å². The molecule has 0 radical (unpaired) electrons. The van der Waals surface area contributed by atoms with E-state index in [2.05, 4.69) is 0 Å². The molecule has 6 nitrogen and oxygen atoms in total. The van der Waals surface area contributed by atoms with Gasteiger partial charge in [0.25, 0.3) is 0 Å². The van der Waals surface area contributed by atoms with Gasteiger partial charge in [-0.15, -0.1) is 0 Å². The maximum absolute atomic E-state index is 9.47. The van der Waals surface area contributed by atoms with Crippen LogP contribution in [0.15, 0.2) is 0 Å². The molecular weight excluding hydrogens is 192 g/mol. The molecule has 0 aliphatic heterocycles. The van der Waals surface area contributed by atoms with Crippen molar-refractivity contribution in [2.24, 2.45) is 5.92 Å². The lowest BCUT2D eigenvalue weighted by atomic mass is 9.79. The van der Waals surface area contributed by atoms with Crippen LogP contribution in [0, 0.1) is 5.92 Å². The van der Waals surface area contributed by atoms with E-state index < -0.39 is 43.0 Å². The van der Waals surface area contributed by atoms with Gasteiger partial charge in [0.05, 0.1) is 18.8 Å². The van der Waals surface area contributed by atoms with E-state index >= 15 is 0 Å². The van der Waals surface area contributed by atoms with Gasteiger partial charge >= 0.3 is 0 Å². The van der Waals surface area contributed by atoms with Crippen molar-refractivity contribution in [3.63, 3.8) is 0 Å². The van der Waals surface area contributed by atoms with Gasteiger partial charge in [-0.3, -0.25) is 0 Å². The molecule has 14 heavy (non-hydrogen) atoms. The minimum absolute atomic E-state index is 0.430. The Kier molecular flexibility index (Phi) is 3.82. The topological polar surface area (TPSA) is 110 Å². The molecule has 6 atom stereocenters. The number of aliphatic hydroxyl groups excluding tert-OH is 5. The molecule has 84 valence electrons. The number of rotatable bonds is 2. The van der Waals surface area contributed by atoms with Crippen LogP contribution in [-0.4, -0.2) is 69.8 Å². The molecule has 1 saturated carbocycles. The molecule has 1 aliphatic carbocycles. The van der Waals surface area contributed by atoms with Crippen LogP contribution in [0.25, 0.3) is 0 Å². The molecule has 1 aliphatic rings. The number of methoxy groups -OCH3 is 1. The van der Waals surface area contributed by atoms with E-state index in [9.17, 15) is 20.4 Å². The minimum Gasteiger partial charge on any atom is -0.396 e. The highest BCUT2D eigenvalue weighted by Crippen LogP contribution is 2.27. The van der Waals surface area contributed by atoms with Crippen LogP contribution >= 0.6 is 0 Å². The van der Waals surface area contributed by atoms with Crippen molar-refractivity contribution < 1.29 is 30.3 Å². The van der Waals surface area contributed by atoms with Crippen LogP contribution < -0.4 is 0 Å². The van der Waals surface area contributed by atoms with E-state index in [4.69, 9.17) is 9.84 Å². The van der Waals surface area contributed by atoms with Gasteiger partial charge in [0, 0.05) is 13.0 Å². The molecule has 0 unspecified atom stereocenters. The van der Waals surface area contributed by atoms with Crippen LogP contribution in [0.2, 0.25) is 0 Å². The third kappa shape index (κ3) is 1.77. The summed E-state index contributed by atoms with van der Waals surface area (Å²) in [7, 11) is 1.30. The molecule has 0 aromatic rings. The van der Waals surface area contributed by atoms with Crippen LogP contribution in [-0.2, 0) is 4.74 Å². The molecule has 0 heterocycles. The molecule has 0 aromatic heterocycles. The molecule has 6 heteroatoms. The van der Waals surface area contributed by atoms with Gasteiger partial charge in [0.1, 0.15) is 18.3 Å². The highest BCUT2D eigenvalue weighted by atomic mass is 16.5. The van der Waals surface area contributed by atoms with E-state index in [1.807, 2.05) is 0 Å². The van der Waals surface area contributed by atoms with Gasteiger partial charge in [-0.1, -0.05) is 0 Å². The quantitative estimate of drug-likeness (QED) is 0.332. The summed E-state index contributed by atoms with van der Waals surface area (Å²) in [5.41, 5.74) is 0. The Hall–Kier alpha value is -0.240. The first-order valence-corrected chi connectivity index (χ1v) is 4.40. The van der Waals surface area contributed by atoms with Crippen molar-refractivity contribution >= 4 is 0 Å². The monoisotopic (exact) mass is 208 g/mol. The number of ether oxygens (including phenoxy) is 1. The van der Waals surface area contributed by atoms with Crippen LogP contribution in [0.5, 0.6) is 0 Å². The first kappa shape index (κ1) is 11.8. The fraction of sp³-hybridized carbons (Fsp3) is 1.00. The highest BCUT2D eigenvalue weighted by Gasteiger charge is 2.48. The molecule has 5 N–H and O–H groups in total. The second-order valence-corrected chi connectivity index (χ2v) is 3.51. The third-order valence-electron chi connectivity index (χ3n) is 2.73. The molecule has 0 spiro atoms. The van der Waals surface area contributed by atoms with E-state index in [-0.39, 0.29) is 0 Å². The largest absolute Gasteiger partial charge is 0.396 e. The summed E-state index contributed by atoms with van der Waals surface area (Å²) in [6.07, 6.45) is -6.42. The SMILES string of the molecule is CO[C@H]1[C@@H](O)[C@@H](O)[C@H](O)[C@@H](O)[C@@H]1CO. The first-order valence-electron chi connectivity index (χ1n) is 4.40. The highest BCUT2D eigenvalue weighted by molar-refractivity contribution is 4.98. The van der Waals surface area contributed by atoms with Gasteiger partial charge in [0.2, 0.25) is 0 Å². The summed E-state index contributed by atoms with van der Waals surface area (Å²) < 4.78 is 4.85.